The Bertz CT molecular complexity index is 782. The predicted octanol–water partition coefficient (Wildman–Crippen LogP) is 2.21. The number of hydrogen-bond donors (Lipinski definition) is 4. The van der Waals surface area contributed by atoms with Crippen molar-refractivity contribution in [2.24, 2.45) is 5.84 Å². The molecule has 0 unspecified atom stereocenters. The second-order valence-electron chi connectivity index (χ2n) is 4.63. The van der Waals surface area contributed by atoms with Crippen LogP contribution in [0.25, 0.3) is 22.0 Å². The van der Waals surface area contributed by atoms with E-state index in [0.717, 1.165) is 27.7 Å². The van der Waals surface area contributed by atoms with E-state index in [0.29, 0.717) is 5.82 Å². The number of nitrogens with zero attached hydrogens (tertiary/aromatic N) is 2. The number of fused-ring (bicyclic) bond motifs is 1. The van der Waals surface area contributed by atoms with Gasteiger partial charge in [-0.2, -0.15) is 4.98 Å². The first-order valence-corrected chi connectivity index (χ1v) is 6.53. The molecule has 6 N–H and O–H groups in total. The van der Waals surface area contributed by atoms with E-state index >= 15 is 0 Å². The molecule has 0 aliphatic heterocycles. The lowest BCUT2D eigenvalue weighted by Gasteiger charge is -2.09. The molecular weight excluding hydrogens is 264 g/mol. The van der Waals surface area contributed by atoms with Crippen molar-refractivity contribution < 1.29 is 0 Å². The van der Waals surface area contributed by atoms with Crippen LogP contribution < -0.4 is 22.3 Å². The second-order valence-corrected chi connectivity index (χ2v) is 4.63. The number of nitrogen functional groups attached to an aromatic ring is 2. The molecule has 0 spiro atoms. The average molecular weight is 280 g/mol. The maximum absolute atomic E-state index is 5.66. The molecule has 0 aliphatic rings. The first-order chi connectivity index (χ1) is 10.2. The Balaban J connectivity index is 2.13. The molecule has 6 nitrogen and oxygen atoms in total. The summed E-state index contributed by atoms with van der Waals surface area (Å²) in [5, 5.41) is 3.93. The molecule has 0 fully saturated rings. The molecule has 0 radical (unpaired) electrons. The summed E-state index contributed by atoms with van der Waals surface area (Å²) in [5.74, 6) is 6.22. The van der Waals surface area contributed by atoms with E-state index < -0.39 is 0 Å². The van der Waals surface area contributed by atoms with Crippen molar-refractivity contribution in [3.05, 3.63) is 42.5 Å². The van der Waals surface area contributed by atoms with Crippen LogP contribution in [-0.2, 0) is 0 Å². The van der Waals surface area contributed by atoms with Gasteiger partial charge in [0.05, 0.1) is 5.52 Å². The number of rotatable bonds is 3. The highest BCUT2D eigenvalue weighted by Gasteiger charge is 2.07. The van der Waals surface area contributed by atoms with Crippen molar-refractivity contribution in [2.75, 3.05) is 23.5 Å². The number of anilines is 3. The average Bonchev–Trinajstić information content (AvgIpc) is 2.53. The summed E-state index contributed by atoms with van der Waals surface area (Å²) in [6.45, 7) is 0. The Kier molecular flexibility index (Phi) is 3.29. The van der Waals surface area contributed by atoms with Gasteiger partial charge in [0.2, 0.25) is 5.95 Å². The first kappa shape index (κ1) is 13.1. The van der Waals surface area contributed by atoms with E-state index in [-0.39, 0.29) is 5.95 Å². The Morgan fingerprint density at radius 3 is 2.33 bits per heavy atom. The summed E-state index contributed by atoms with van der Waals surface area (Å²) in [7, 11) is 1.89. The minimum absolute atomic E-state index is 0.196. The molecule has 0 saturated heterocycles. The maximum Gasteiger partial charge on any atom is 0.222 e. The van der Waals surface area contributed by atoms with E-state index in [9.17, 15) is 0 Å². The van der Waals surface area contributed by atoms with Crippen LogP contribution in [0.5, 0.6) is 0 Å². The lowest BCUT2D eigenvalue weighted by Crippen LogP contribution is -2.11. The number of nitrogens with two attached hydrogens (primary N) is 2. The molecule has 0 amide bonds. The van der Waals surface area contributed by atoms with Crippen LogP contribution in [0.1, 0.15) is 0 Å². The molecule has 21 heavy (non-hydrogen) atoms. The molecule has 3 rings (SSSR count). The standard InChI is InChI=1S/C15H16N6/c1-18-11-5-2-9(3-6-11)10-4-7-13-12(8-10)14(21-17)20-15(16)19-13/h2-8,18H,17H2,1H3,(H3,16,19,20,21). The van der Waals surface area contributed by atoms with Gasteiger partial charge in [-0.25, -0.2) is 10.8 Å². The molecule has 1 heterocycles. The molecule has 0 saturated carbocycles. The Morgan fingerprint density at radius 2 is 1.67 bits per heavy atom. The fourth-order valence-corrected chi connectivity index (χ4v) is 2.27. The first-order valence-electron chi connectivity index (χ1n) is 6.53. The summed E-state index contributed by atoms with van der Waals surface area (Å²) in [6.07, 6.45) is 0. The van der Waals surface area contributed by atoms with Crippen molar-refractivity contribution in [3.63, 3.8) is 0 Å². The summed E-state index contributed by atoms with van der Waals surface area (Å²) in [5.41, 5.74) is 12.2. The van der Waals surface area contributed by atoms with Gasteiger partial charge in [-0.3, -0.25) is 0 Å². The van der Waals surface area contributed by atoms with Crippen molar-refractivity contribution >= 4 is 28.4 Å². The lowest BCUT2D eigenvalue weighted by atomic mass is 10.0. The molecule has 6 heteroatoms. The lowest BCUT2D eigenvalue weighted by molar-refractivity contribution is 1.19. The van der Waals surface area contributed by atoms with Crippen LogP contribution in [0.2, 0.25) is 0 Å². The van der Waals surface area contributed by atoms with Gasteiger partial charge in [0.25, 0.3) is 0 Å². The van der Waals surface area contributed by atoms with Crippen LogP contribution in [-0.4, -0.2) is 17.0 Å². The fraction of sp³-hybridized carbons (Fsp3) is 0.0667. The van der Waals surface area contributed by atoms with Gasteiger partial charge in [0.15, 0.2) is 5.82 Å². The van der Waals surface area contributed by atoms with Crippen molar-refractivity contribution in [3.8, 4) is 11.1 Å². The van der Waals surface area contributed by atoms with Gasteiger partial charge >= 0.3 is 0 Å². The molecule has 0 aliphatic carbocycles. The van der Waals surface area contributed by atoms with Gasteiger partial charge in [-0.1, -0.05) is 18.2 Å². The monoisotopic (exact) mass is 280 g/mol. The third-order valence-corrected chi connectivity index (χ3v) is 3.36. The van der Waals surface area contributed by atoms with Gasteiger partial charge in [0, 0.05) is 18.1 Å². The van der Waals surface area contributed by atoms with Crippen LogP contribution in [0, 0.1) is 0 Å². The van der Waals surface area contributed by atoms with Crippen LogP contribution in [0.15, 0.2) is 42.5 Å². The Morgan fingerprint density at radius 1 is 0.952 bits per heavy atom. The van der Waals surface area contributed by atoms with E-state index in [1.807, 2.05) is 37.4 Å². The third kappa shape index (κ3) is 2.44. The second kappa shape index (κ2) is 5.26. The van der Waals surface area contributed by atoms with E-state index in [1.165, 1.54) is 0 Å². The molecule has 1 aromatic heterocycles. The van der Waals surface area contributed by atoms with Crippen molar-refractivity contribution in [2.45, 2.75) is 0 Å². The molecule has 0 bridgehead atoms. The SMILES string of the molecule is CNc1ccc(-c2ccc3nc(N)nc(NN)c3c2)cc1. The topological polar surface area (TPSA) is 102 Å². The zero-order valence-corrected chi connectivity index (χ0v) is 11.6. The number of hydrazine groups is 1. The zero-order chi connectivity index (χ0) is 14.8. The number of hydrogen-bond acceptors (Lipinski definition) is 6. The van der Waals surface area contributed by atoms with E-state index in [1.54, 1.807) is 0 Å². The smallest absolute Gasteiger partial charge is 0.222 e. The van der Waals surface area contributed by atoms with Gasteiger partial charge < -0.3 is 16.5 Å². The highest BCUT2D eigenvalue weighted by atomic mass is 15.3. The largest absolute Gasteiger partial charge is 0.388 e. The minimum Gasteiger partial charge on any atom is -0.388 e. The van der Waals surface area contributed by atoms with E-state index in [4.69, 9.17) is 11.6 Å². The van der Waals surface area contributed by atoms with Gasteiger partial charge in [0.1, 0.15) is 0 Å². The Hall–Kier alpha value is -2.86. The van der Waals surface area contributed by atoms with Crippen LogP contribution in [0.3, 0.4) is 0 Å². The predicted molar refractivity (Wildman–Crippen MR) is 86.7 cm³/mol. The minimum atomic E-state index is 0.196. The summed E-state index contributed by atoms with van der Waals surface area (Å²) in [6, 6.07) is 14.1. The Labute approximate surface area is 122 Å². The van der Waals surface area contributed by atoms with Gasteiger partial charge in [-0.15, -0.1) is 0 Å². The van der Waals surface area contributed by atoms with Crippen molar-refractivity contribution in [1.29, 1.82) is 0 Å². The maximum atomic E-state index is 5.66. The molecule has 3 aromatic rings. The van der Waals surface area contributed by atoms with Crippen LogP contribution in [0.4, 0.5) is 17.5 Å². The number of benzene rings is 2. The summed E-state index contributed by atoms with van der Waals surface area (Å²) >= 11 is 0. The molecular formula is C15H16N6. The molecule has 2 aromatic carbocycles. The van der Waals surface area contributed by atoms with E-state index in [2.05, 4.69) is 32.8 Å². The quantitative estimate of drug-likeness (QED) is 0.433. The van der Waals surface area contributed by atoms with Gasteiger partial charge in [-0.05, 0) is 35.4 Å². The number of nitrogens with one attached hydrogen (secondary N) is 2. The fourth-order valence-electron chi connectivity index (χ4n) is 2.27. The highest BCUT2D eigenvalue weighted by Crippen LogP contribution is 2.28. The highest BCUT2D eigenvalue weighted by molar-refractivity contribution is 5.93. The molecule has 106 valence electrons. The van der Waals surface area contributed by atoms with Crippen molar-refractivity contribution in [1.82, 2.24) is 9.97 Å². The zero-order valence-electron chi connectivity index (χ0n) is 11.6. The summed E-state index contributed by atoms with van der Waals surface area (Å²) < 4.78 is 0. The number of aromatic nitrogens is 2. The molecule has 0 atom stereocenters. The summed E-state index contributed by atoms with van der Waals surface area (Å²) in [4.78, 5) is 8.31. The normalized spacial score (nSPS) is 10.6. The van der Waals surface area contributed by atoms with Crippen LogP contribution >= 0.6 is 0 Å². The third-order valence-electron chi connectivity index (χ3n) is 3.36.